The maximum Gasteiger partial charge on any atom is 0.125 e. The van der Waals surface area contributed by atoms with E-state index < -0.39 is 0 Å². The summed E-state index contributed by atoms with van der Waals surface area (Å²) in [5, 5.41) is 3.29. The van der Waals surface area contributed by atoms with Crippen LogP contribution in [0.5, 0.6) is 5.75 Å². The maximum atomic E-state index is 5.62. The van der Waals surface area contributed by atoms with E-state index in [0.29, 0.717) is 5.82 Å². The lowest BCUT2D eigenvalue weighted by Gasteiger charge is -2.11. The Labute approximate surface area is 100 Å². The molecule has 0 bridgehead atoms. The van der Waals surface area contributed by atoms with Gasteiger partial charge in [-0.3, -0.25) is 0 Å². The van der Waals surface area contributed by atoms with Crippen molar-refractivity contribution in [2.75, 3.05) is 18.2 Å². The Bertz CT molecular complexity index is 526. The molecule has 1 heterocycles. The third-order valence-electron chi connectivity index (χ3n) is 2.49. The van der Waals surface area contributed by atoms with Gasteiger partial charge < -0.3 is 15.8 Å². The van der Waals surface area contributed by atoms with E-state index in [2.05, 4.69) is 10.3 Å². The van der Waals surface area contributed by atoms with Gasteiger partial charge in [0.2, 0.25) is 0 Å². The Kier molecular flexibility index (Phi) is 3.14. The molecule has 2 aromatic rings. The number of rotatable bonds is 3. The van der Waals surface area contributed by atoms with Crippen LogP contribution in [0.4, 0.5) is 17.2 Å². The number of nitrogens with two attached hydrogens (primary N) is 1. The van der Waals surface area contributed by atoms with Gasteiger partial charge >= 0.3 is 0 Å². The lowest BCUT2D eigenvalue weighted by atomic mass is 10.2. The summed E-state index contributed by atoms with van der Waals surface area (Å²) in [6, 6.07) is 9.54. The number of aryl methyl sites for hydroxylation is 1. The van der Waals surface area contributed by atoms with Crippen LogP contribution in [0.25, 0.3) is 0 Å². The van der Waals surface area contributed by atoms with Gasteiger partial charge in [0, 0.05) is 23.6 Å². The summed E-state index contributed by atoms with van der Waals surface area (Å²) >= 11 is 0. The molecular formula is C13H15N3O. The zero-order chi connectivity index (χ0) is 12.3. The highest BCUT2D eigenvalue weighted by molar-refractivity contribution is 5.65. The largest absolute Gasteiger partial charge is 0.497 e. The second-order valence-electron chi connectivity index (χ2n) is 3.78. The second-order valence-corrected chi connectivity index (χ2v) is 3.78. The van der Waals surface area contributed by atoms with E-state index in [0.717, 1.165) is 22.7 Å². The van der Waals surface area contributed by atoms with Crippen molar-refractivity contribution in [3.63, 3.8) is 0 Å². The van der Waals surface area contributed by atoms with Crippen molar-refractivity contribution in [3.8, 4) is 5.75 Å². The van der Waals surface area contributed by atoms with Gasteiger partial charge in [0.25, 0.3) is 0 Å². The van der Waals surface area contributed by atoms with Crippen LogP contribution >= 0.6 is 0 Å². The normalized spacial score (nSPS) is 10.0. The minimum absolute atomic E-state index is 0.501. The van der Waals surface area contributed by atoms with E-state index in [1.165, 1.54) is 0 Å². The molecule has 0 unspecified atom stereocenters. The van der Waals surface area contributed by atoms with Crippen molar-refractivity contribution in [2.45, 2.75) is 6.92 Å². The lowest BCUT2D eigenvalue weighted by molar-refractivity contribution is 0.414. The van der Waals surface area contributed by atoms with E-state index >= 15 is 0 Å². The molecule has 0 amide bonds. The van der Waals surface area contributed by atoms with Gasteiger partial charge in [-0.25, -0.2) is 4.98 Å². The molecule has 0 spiro atoms. The summed E-state index contributed by atoms with van der Waals surface area (Å²) in [5.41, 5.74) is 8.68. The summed E-state index contributed by atoms with van der Waals surface area (Å²) in [4.78, 5) is 3.95. The molecule has 1 aromatic carbocycles. The molecule has 0 radical (unpaired) electrons. The number of hydrogen-bond acceptors (Lipinski definition) is 4. The first-order valence-corrected chi connectivity index (χ1v) is 5.32. The van der Waals surface area contributed by atoms with E-state index in [1.54, 1.807) is 19.4 Å². The van der Waals surface area contributed by atoms with Crippen molar-refractivity contribution in [1.82, 2.24) is 4.98 Å². The van der Waals surface area contributed by atoms with Crippen LogP contribution in [0.2, 0.25) is 0 Å². The van der Waals surface area contributed by atoms with Gasteiger partial charge in [-0.05, 0) is 36.8 Å². The highest BCUT2D eigenvalue weighted by Gasteiger charge is 2.01. The van der Waals surface area contributed by atoms with E-state index in [1.807, 2.05) is 31.2 Å². The van der Waals surface area contributed by atoms with Crippen molar-refractivity contribution < 1.29 is 4.74 Å². The fraction of sp³-hybridized carbons (Fsp3) is 0.154. The van der Waals surface area contributed by atoms with E-state index in [-0.39, 0.29) is 0 Å². The second kappa shape index (κ2) is 4.74. The maximum absolute atomic E-state index is 5.62. The van der Waals surface area contributed by atoms with Gasteiger partial charge in [-0.1, -0.05) is 0 Å². The number of anilines is 3. The average molecular weight is 229 g/mol. The molecule has 3 N–H and O–H groups in total. The molecule has 0 atom stereocenters. The molecule has 2 rings (SSSR count). The standard InChI is InChI=1S/C13H15N3O/c1-9-7-11(17-2)3-4-12(9)16-10-5-6-15-13(14)8-10/h3-8H,1-2H3,(H3,14,15,16). The summed E-state index contributed by atoms with van der Waals surface area (Å²) in [6.45, 7) is 2.02. The zero-order valence-electron chi connectivity index (χ0n) is 9.90. The predicted molar refractivity (Wildman–Crippen MR) is 69.7 cm³/mol. The number of hydrogen-bond donors (Lipinski definition) is 2. The minimum atomic E-state index is 0.501. The van der Waals surface area contributed by atoms with Gasteiger partial charge in [0.1, 0.15) is 11.6 Å². The van der Waals surface area contributed by atoms with E-state index in [4.69, 9.17) is 10.5 Å². The Morgan fingerprint density at radius 3 is 2.71 bits per heavy atom. The Morgan fingerprint density at radius 2 is 2.06 bits per heavy atom. The number of aromatic nitrogens is 1. The quantitative estimate of drug-likeness (QED) is 0.849. The number of pyridine rings is 1. The third kappa shape index (κ3) is 2.66. The Hall–Kier alpha value is -2.23. The number of ether oxygens (including phenoxy) is 1. The fourth-order valence-corrected chi connectivity index (χ4v) is 1.58. The van der Waals surface area contributed by atoms with Crippen LogP contribution < -0.4 is 15.8 Å². The number of methoxy groups -OCH3 is 1. The molecule has 0 aliphatic rings. The number of benzene rings is 1. The summed E-state index contributed by atoms with van der Waals surface area (Å²) < 4.78 is 5.16. The molecule has 0 fully saturated rings. The van der Waals surface area contributed by atoms with Crippen molar-refractivity contribution >= 4 is 17.2 Å². The topological polar surface area (TPSA) is 60.2 Å². The molecule has 0 aliphatic heterocycles. The highest BCUT2D eigenvalue weighted by atomic mass is 16.5. The van der Waals surface area contributed by atoms with Crippen molar-refractivity contribution in [2.24, 2.45) is 0 Å². The highest BCUT2D eigenvalue weighted by Crippen LogP contribution is 2.24. The monoisotopic (exact) mass is 229 g/mol. The summed E-state index contributed by atoms with van der Waals surface area (Å²) in [5.74, 6) is 1.35. The molecule has 4 heteroatoms. The third-order valence-corrected chi connectivity index (χ3v) is 2.49. The number of nitrogens with zero attached hydrogens (tertiary/aromatic N) is 1. The molecule has 0 aliphatic carbocycles. The summed E-state index contributed by atoms with van der Waals surface area (Å²) in [7, 11) is 1.66. The SMILES string of the molecule is COc1ccc(Nc2ccnc(N)c2)c(C)c1. The van der Waals surface area contributed by atoms with Gasteiger partial charge in [0.05, 0.1) is 7.11 Å². The lowest BCUT2D eigenvalue weighted by Crippen LogP contribution is -1.96. The van der Waals surface area contributed by atoms with Gasteiger partial charge in [-0.2, -0.15) is 0 Å². The summed E-state index contributed by atoms with van der Waals surface area (Å²) in [6.07, 6.45) is 1.68. The zero-order valence-corrected chi connectivity index (χ0v) is 9.90. The predicted octanol–water partition coefficient (Wildman–Crippen LogP) is 2.72. The van der Waals surface area contributed by atoms with Crippen molar-refractivity contribution in [1.29, 1.82) is 0 Å². The molecule has 17 heavy (non-hydrogen) atoms. The van der Waals surface area contributed by atoms with E-state index in [9.17, 15) is 0 Å². The number of nitrogen functional groups attached to an aromatic ring is 1. The van der Waals surface area contributed by atoms with Gasteiger partial charge in [-0.15, -0.1) is 0 Å². The van der Waals surface area contributed by atoms with Crippen LogP contribution in [-0.4, -0.2) is 12.1 Å². The van der Waals surface area contributed by atoms with Crippen molar-refractivity contribution in [3.05, 3.63) is 42.1 Å². The first-order chi connectivity index (χ1) is 8.19. The fourth-order valence-electron chi connectivity index (χ4n) is 1.58. The first kappa shape index (κ1) is 11.3. The first-order valence-electron chi connectivity index (χ1n) is 5.32. The van der Waals surface area contributed by atoms with Crippen LogP contribution in [0.1, 0.15) is 5.56 Å². The molecule has 0 saturated carbocycles. The minimum Gasteiger partial charge on any atom is -0.497 e. The Morgan fingerprint density at radius 1 is 1.24 bits per heavy atom. The molecule has 88 valence electrons. The smallest absolute Gasteiger partial charge is 0.125 e. The van der Waals surface area contributed by atoms with Crippen LogP contribution in [0.15, 0.2) is 36.5 Å². The Balaban J connectivity index is 2.24. The molecule has 4 nitrogen and oxygen atoms in total. The molecular weight excluding hydrogens is 214 g/mol. The average Bonchev–Trinajstić information content (AvgIpc) is 2.32. The molecule has 1 aromatic heterocycles. The van der Waals surface area contributed by atoms with Crippen LogP contribution in [0.3, 0.4) is 0 Å². The van der Waals surface area contributed by atoms with Crippen LogP contribution in [-0.2, 0) is 0 Å². The van der Waals surface area contributed by atoms with Gasteiger partial charge in [0.15, 0.2) is 0 Å². The molecule has 0 saturated heterocycles. The van der Waals surface area contributed by atoms with Crippen LogP contribution in [0, 0.1) is 6.92 Å². The number of nitrogens with one attached hydrogen (secondary N) is 1.